The van der Waals surface area contributed by atoms with Crippen LogP contribution >= 0.6 is 11.6 Å². The summed E-state index contributed by atoms with van der Waals surface area (Å²) in [7, 11) is 0. The molecule has 0 bridgehead atoms. The van der Waals surface area contributed by atoms with Gasteiger partial charge in [0.1, 0.15) is 13.2 Å². The van der Waals surface area contributed by atoms with Gasteiger partial charge in [-0.3, -0.25) is 0 Å². The summed E-state index contributed by atoms with van der Waals surface area (Å²) < 4.78 is 10.5. The summed E-state index contributed by atoms with van der Waals surface area (Å²) in [5.41, 5.74) is 1.71. The van der Waals surface area contributed by atoms with Crippen LogP contribution in [0.5, 0.6) is 0 Å². The zero-order valence-electron chi connectivity index (χ0n) is 22.2. The minimum Gasteiger partial charge on any atom is -0.461 e. The number of ether oxygens (including phenoxy) is 2. The topological polar surface area (TPSA) is 93.1 Å². The molecule has 0 unspecified atom stereocenters. The van der Waals surface area contributed by atoms with Gasteiger partial charge in [-0.1, -0.05) is 95.2 Å². The molecule has 2 rings (SSSR count). The van der Waals surface area contributed by atoms with Crippen molar-refractivity contribution in [1.82, 2.24) is 0 Å². The summed E-state index contributed by atoms with van der Waals surface area (Å²) >= 11 is 6.65. The zero-order valence-corrected chi connectivity index (χ0v) is 22.9. The fourth-order valence-electron chi connectivity index (χ4n) is 4.80. The van der Waals surface area contributed by atoms with Gasteiger partial charge in [0.25, 0.3) is 0 Å². The molecule has 0 amide bonds. The highest BCUT2D eigenvalue weighted by molar-refractivity contribution is 6.31. The minimum atomic E-state index is -0.721. The normalized spacial score (nSPS) is 17.4. The predicted molar refractivity (Wildman–Crippen MR) is 146 cm³/mol. The Balaban J connectivity index is 1.97. The van der Waals surface area contributed by atoms with E-state index in [4.69, 9.17) is 31.3 Å². The van der Waals surface area contributed by atoms with Crippen LogP contribution in [0.15, 0.2) is 42.5 Å². The smallest absolute Gasteiger partial charge is 0.335 e. The SMILES string of the molecule is C=C(CO)C(=O)OCC(COC(=O)C(=C)CO)c1ccc(CCC2CCC(CCCCC)CC2)c(Cl)c1. The van der Waals surface area contributed by atoms with Crippen LogP contribution < -0.4 is 0 Å². The van der Waals surface area contributed by atoms with Gasteiger partial charge in [0.15, 0.2) is 0 Å². The number of rotatable bonds is 16. The van der Waals surface area contributed by atoms with E-state index in [0.717, 1.165) is 35.8 Å². The zero-order chi connectivity index (χ0) is 27.2. The number of unbranched alkanes of at least 4 members (excludes halogenated alkanes) is 2. The van der Waals surface area contributed by atoms with Gasteiger partial charge >= 0.3 is 11.9 Å². The molecule has 7 heteroatoms. The van der Waals surface area contributed by atoms with Gasteiger partial charge in [0, 0.05) is 5.02 Å². The van der Waals surface area contributed by atoms with Crippen molar-refractivity contribution >= 4 is 23.5 Å². The second-order valence-corrected chi connectivity index (χ2v) is 10.6. The maximum atomic E-state index is 12.0. The van der Waals surface area contributed by atoms with E-state index in [1.165, 1.54) is 51.4 Å². The molecule has 0 aromatic heterocycles. The largest absolute Gasteiger partial charge is 0.461 e. The average molecular weight is 535 g/mol. The van der Waals surface area contributed by atoms with Gasteiger partial charge in [-0.2, -0.15) is 0 Å². The minimum absolute atomic E-state index is 0.0622. The third-order valence-corrected chi connectivity index (χ3v) is 7.69. The highest BCUT2D eigenvalue weighted by Gasteiger charge is 2.22. The molecule has 0 aliphatic heterocycles. The van der Waals surface area contributed by atoms with Crippen molar-refractivity contribution < 1.29 is 29.3 Å². The number of hydrogen-bond acceptors (Lipinski definition) is 6. The van der Waals surface area contributed by atoms with E-state index in [1.807, 2.05) is 18.2 Å². The fourth-order valence-corrected chi connectivity index (χ4v) is 5.08. The highest BCUT2D eigenvalue weighted by atomic mass is 35.5. The standard InChI is InChI=1S/C30H43ClO6/c1-4-5-6-7-23-8-10-24(11-9-23)12-13-25-14-15-26(16-28(25)31)27(19-36-29(34)21(2)17-32)20-37-30(35)22(3)18-33/h14-16,23-24,27,32-33H,2-13,17-20H2,1H3. The van der Waals surface area contributed by atoms with Crippen molar-refractivity contribution in [2.24, 2.45) is 11.8 Å². The Kier molecular flexibility index (Phi) is 14.0. The Morgan fingerprint density at radius 2 is 1.49 bits per heavy atom. The van der Waals surface area contributed by atoms with Crippen molar-refractivity contribution in [1.29, 1.82) is 0 Å². The van der Waals surface area contributed by atoms with Crippen LogP contribution in [-0.4, -0.2) is 48.6 Å². The van der Waals surface area contributed by atoms with Crippen LogP contribution in [0.3, 0.4) is 0 Å². The van der Waals surface area contributed by atoms with E-state index in [2.05, 4.69) is 20.1 Å². The fraction of sp³-hybridized carbons (Fsp3) is 0.600. The number of esters is 2. The van der Waals surface area contributed by atoms with Crippen LogP contribution in [0.1, 0.15) is 81.8 Å². The van der Waals surface area contributed by atoms with E-state index in [9.17, 15) is 9.59 Å². The van der Waals surface area contributed by atoms with E-state index in [1.54, 1.807) is 0 Å². The van der Waals surface area contributed by atoms with E-state index in [0.29, 0.717) is 5.02 Å². The number of aryl methyl sites for hydroxylation is 1. The average Bonchev–Trinajstić information content (AvgIpc) is 2.91. The Labute approximate surface area is 226 Å². The molecule has 0 saturated heterocycles. The number of aliphatic hydroxyl groups is 2. The van der Waals surface area contributed by atoms with Gasteiger partial charge in [0.05, 0.1) is 30.3 Å². The Hall–Kier alpha value is -2.15. The summed E-state index contributed by atoms with van der Waals surface area (Å²) in [5.74, 6) is -0.290. The molecule has 37 heavy (non-hydrogen) atoms. The lowest BCUT2D eigenvalue weighted by atomic mass is 9.77. The number of hydrogen-bond donors (Lipinski definition) is 2. The summed E-state index contributed by atoms with van der Waals surface area (Å²) in [5, 5.41) is 18.8. The van der Waals surface area contributed by atoms with Crippen molar-refractivity contribution in [2.75, 3.05) is 26.4 Å². The van der Waals surface area contributed by atoms with Crippen molar-refractivity contribution in [3.05, 3.63) is 58.7 Å². The quantitative estimate of drug-likeness (QED) is 0.155. The number of aliphatic hydroxyl groups excluding tert-OH is 2. The molecule has 206 valence electrons. The maximum absolute atomic E-state index is 12.0. The third-order valence-electron chi connectivity index (χ3n) is 7.34. The molecule has 1 aromatic carbocycles. The molecule has 1 saturated carbocycles. The van der Waals surface area contributed by atoms with E-state index in [-0.39, 0.29) is 24.4 Å². The molecule has 1 aliphatic rings. The number of halogens is 1. The monoisotopic (exact) mass is 534 g/mol. The molecule has 1 aromatic rings. The molecule has 1 fully saturated rings. The third kappa shape index (κ3) is 10.6. The first kappa shape index (κ1) is 31.1. The lowest BCUT2D eigenvalue weighted by molar-refractivity contribution is -0.142. The van der Waals surface area contributed by atoms with Crippen molar-refractivity contribution in [2.45, 2.75) is 77.0 Å². The number of carbonyl (C=O) groups excluding carboxylic acids is 2. The molecule has 0 spiro atoms. The van der Waals surface area contributed by atoms with Gasteiger partial charge in [-0.15, -0.1) is 0 Å². The molecular weight excluding hydrogens is 492 g/mol. The van der Waals surface area contributed by atoms with E-state index < -0.39 is 31.1 Å². The molecule has 0 atom stereocenters. The van der Waals surface area contributed by atoms with Crippen LogP contribution in [0.2, 0.25) is 5.02 Å². The Morgan fingerprint density at radius 3 is 1.97 bits per heavy atom. The lowest BCUT2D eigenvalue weighted by Crippen LogP contribution is -2.21. The molecule has 0 radical (unpaired) electrons. The molecule has 0 heterocycles. The van der Waals surface area contributed by atoms with Crippen LogP contribution in [0, 0.1) is 11.8 Å². The van der Waals surface area contributed by atoms with Gasteiger partial charge in [-0.05, 0) is 41.9 Å². The first-order chi connectivity index (χ1) is 17.8. The van der Waals surface area contributed by atoms with Crippen LogP contribution in [0.4, 0.5) is 0 Å². The Morgan fingerprint density at radius 1 is 0.946 bits per heavy atom. The lowest BCUT2D eigenvalue weighted by Gasteiger charge is -2.28. The van der Waals surface area contributed by atoms with Gasteiger partial charge < -0.3 is 19.7 Å². The van der Waals surface area contributed by atoms with Crippen LogP contribution in [-0.2, 0) is 25.5 Å². The summed E-state index contributed by atoms with van der Waals surface area (Å²) in [6.07, 6.45) is 12.7. The van der Waals surface area contributed by atoms with Gasteiger partial charge in [0.2, 0.25) is 0 Å². The second-order valence-electron chi connectivity index (χ2n) is 10.2. The molecule has 1 aliphatic carbocycles. The van der Waals surface area contributed by atoms with Crippen molar-refractivity contribution in [3.63, 3.8) is 0 Å². The summed E-state index contributed by atoms with van der Waals surface area (Å²) in [6, 6.07) is 5.74. The number of carbonyl (C=O) groups is 2. The van der Waals surface area contributed by atoms with E-state index >= 15 is 0 Å². The summed E-state index contributed by atoms with van der Waals surface area (Å²) in [4.78, 5) is 24.0. The predicted octanol–water partition coefficient (Wildman–Crippen LogP) is 5.93. The van der Waals surface area contributed by atoms with Crippen molar-refractivity contribution in [3.8, 4) is 0 Å². The first-order valence-corrected chi connectivity index (χ1v) is 13.9. The molecule has 2 N–H and O–H groups in total. The Bertz CT molecular complexity index is 871. The van der Waals surface area contributed by atoms with Gasteiger partial charge in [-0.25, -0.2) is 9.59 Å². The summed E-state index contributed by atoms with van der Waals surface area (Å²) in [6.45, 7) is 8.00. The van der Waals surface area contributed by atoms with Crippen LogP contribution in [0.25, 0.3) is 0 Å². The maximum Gasteiger partial charge on any atom is 0.335 e. The highest BCUT2D eigenvalue weighted by Crippen LogP contribution is 2.35. The molecule has 6 nitrogen and oxygen atoms in total. The number of benzene rings is 1. The first-order valence-electron chi connectivity index (χ1n) is 13.5. The second kappa shape index (κ2) is 16.6. The molecular formula is C30H43ClO6.